The highest BCUT2D eigenvalue weighted by Crippen LogP contribution is 2.43. The Bertz CT molecular complexity index is 1240. The number of benzene rings is 2. The predicted octanol–water partition coefficient (Wildman–Crippen LogP) is 4.03. The maximum atomic E-state index is 13.3. The number of amides is 1. The average Bonchev–Trinajstić information content (AvgIpc) is 3.09. The molecule has 1 atom stereocenters. The molecule has 4 rings (SSSR count). The summed E-state index contributed by atoms with van der Waals surface area (Å²) in [4.78, 5) is 32.2. The lowest BCUT2D eigenvalue weighted by Gasteiger charge is -2.26. The Morgan fingerprint density at radius 2 is 1.79 bits per heavy atom. The number of carbonyl (C=O) groups excluding carboxylic acids is 2. The number of carbonyl (C=O) groups is 2. The van der Waals surface area contributed by atoms with E-state index in [0.717, 1.165) is 11.1 Å². The fourth-order valence-corrected chi connectivity index (χ4v) is 4.07. The number of pyridine rings is 1. The van der Waals surface area contributed by atoms with Crippen LogP contribution in [0.1, 0.15) is 28.4 Å². The van der Waals surface area contributed by atoms with Gasteiger partial charge in [-0.2, -0.15) is 0 Å². The molecule has 1 fully saturated rings. The van der Waals surface area contributed by atoms with Gasteiger partial charge in [-0.05, 0) is 48.4 Å². The molecule has 33 heavy (non-hydrogen) atoms. The van der Waals surface area contributed by atoms with Gasteiger partial charge in [0.2, 0.25) is 0 Å². The van der Waals surface area contributed by atoms with E-state index in [0.29, 0.717) is 17.2 Å². The quantitative estimate of drug-likeness (QED) is 0.351. The maximum Gasteiger partial charge on any atom is 0.296 e. The number of rotatable bonds is 6. The number of nitrogens with zero attached hydrogens (tertiary/aromatic N) is 2. The highest BCUT2D eigenvalue weighted by atomic mass is 16.5. The van der Waals surface area contributed by atoms with E-state index in [1.54, 1.807) is 36.5 Å². The van der Waals surface area contributed by atoms with Crippen LogP contribution in [0.5, 0.6) is 11.5 Å². The second kappa shape index (κ2) is 9.16. The molecule has 1 aromatic heterocycles. The van der Waals surface area contributed by atoms with Gasteiger partial charge in [-0.15, -0.1) is 0 Å². The van der Waals surface area contributed by atoms with E-state index in [2.05, 4.69) is 4.98 Å². The smallest absolute Gasteiger partial charge is 0.296 e. The number of hydrogen-bond donors (Lipinski definition) is 1. The molecular weight excluding hydrogens is 420 g/mol. The lowest BCUT2D eigenvalue weighted by Crippen LogP contribution is -2.29. The van der Waals surface area contributed by atoms with E-state index in [9.17, 15) is 14.7 Å². The van der Waals surface area contributed by atoms with Crippen molar-refractivity contribution in [2.24, 2.45) is 0 Å². The van der Waals surface area contributed by atoms with Crippen LogP contribution in [0.25, 0.3) is 5.76 Å². The molecule has 168 valence electrons. The van der Waals surface area contributed by atoms with Gasteiger partial charge >= 0.3 is 0 Å². The van der Waals surface area contributed by atoms with Crippen molar-refractivity contribution in [1.82, 2.24) is 9.88 Å². The number of aryl methyl sites for hydroxylation is 1. The zero-order valence-corrected chi connectivity index (χ0v) is 18.6. The van der Waals surface area contributed by atoms with Gasteiger partial charge in [-0.25, -0.2) is 0 Å². The first kappa shape index (κ1) is 22.1. The van der Waals surface area contributed by atoms with E-state index < -0.39 is 17.7 Å². The molecule has 7 heteroatoms. The number of ketones is 1. The van der Waals surface area contributed by atoms with E-state index in [1.807, 2.05) is 37.3 Å². The Labute approximate surface area is 191 Å². The Morgan fingerprint density at radius 3 is 2.45 bits per heavy atom. The van der Waals surface area contributed by atoms with Gasteiger partial charge in [0.15, 0.2) is 0 Å². The van der Waals surface area contributed by atoms with Crippen molar-refractivity contribution in [3.8, 4) is 11.5 Å². The molecule has 0 radical (unpaired) electrons. The number of aromatic nitrogens is 1. The minimum absolute atomic E-state index is 0.00298. The first-order chi connectivity index (χ1) is 16.0. The van der Waals surface area contributed by atoms with Gasteiger partial charge in [0.25, 0.3) is 11.7 Å². The molecule has 1 aliphatic rings. The molecule has 1 N–H and O–H groups in total. The molecule has 7 nitrogen and oxygen atoms in total. The van der Waals surface area contributed by atoms with Crippen molar-refractivity contribution in [1.29, 1.82) is 0 Å². The molecule has 1 unspecified atom stereocenters. The number of ether oxygens (including phenoxy) is 2. The molecule has 0 bridgehead atoms. The number of likely N-dealkylation sites (tertiary alicyclic amines) is 1. The van der Waals surface area contributed by atoms with E-state index in [4.69, 9.17) is 9.47 Å². The molecule has 1 saturated heterocycles. The third-order valence-electron chi connectivity index (χ3n) is 5.74. The second-order valence-corrected chi connectivity index (χ2v) is 7.67. The van der Waals surface area contributed by atoms with Crippen molar-refractivity contribution in [3.05, 3.63) is 94.8 Å². The molecule has 0 saturated carbocycles. The molecule has 0 aliphatic carbocycles. The van der Waals surface area contributed by atoms with Gasteiger partial charge in [0.05, 0.1) is 43.6 Å². The molecular formula is C26H24N2O5. The predicted molar refractivity (Wildman–Crippen MR) is 123 cm³/mol. The number of aliphatic hydroxyl groups is 1. The molecule has 1 amide bonds. The monoisotopic (exact) mass is 444 g/mol. The number of Topliss-reactive ketones (excluding diaryl/α,β-unsaturated/α-hetero) is 1. The highest BCUT2D eigenvalue weighted by molar-refractivity contribution is 6.46. The first-order valence-electron chi connectivity index (χ1n) is 10.4. The number of hydrogen-bond acceptors (Lipinski definition) is 6. The molecule has 2 aromatic carbocycles. The van der Waals surface area contributed by atoms with E-state index >= 15 is 0 Å². The van der Waals surface area contributed by atoms with Crippen LogP contribution in [-0.2, 0) is 16.1 Å². The normalized spacial score (nSPS) is 17.3. The number of methoxy groups -OCH3 is 2. The fourth-order valence-electron chi connectivity index (χ4n) is 4.07. The maximum absolute atomic E-state index is 13.3. The van der Waals surface area contributed by atoms with Crippen LogP contribution < -0.4 is 9.47 Å². The van der Waals surface area contributed by atoms with Gasteiger partial charge in [-0.1, -0.05) is 30.3 Å². The first-order valence-corrected chi connectivity index (χ1v) is 10.4. The van der Waals surface area contributed by atoms with Crippen molar-refractivity contribution < 1.29 is 24.2 Å². The van der Waals surface area contributed by atoms with Crippen molar-refractivity contribution in [3.63, 3.8) is 0 Å². The van der Waals surface area contributed by atoms with Crippen LogP contribution in [0.2, 0.25) is 0 Å². The summed E-state index contributed by atoms with van der Waals surface area (Å²) in [5, 5.41) is 11.4. The molecule has 3 aromatic rings. The lowest BCUT2D eigenvalue weighted by molar-refractivity contribution is -0.140. The van der Waals surface area contributed by atoms with Crippen LogP contribution >= 0.6 is 0 Å². The Balaban J connectivity index is 1.93. The summed E-state index contributed by atoms with van der Waals surface area (Å²) in [7, 11) is 2.97. The molecule has 0 spiro atoms. The standard InChI is InChI=1S/C26H24N2O5/c1-16-8-4-5-10-19(16)23-22(24(29)20-14-18(32-2)11-12-21(20)33-3)25(30)26(31)28(23)15-17-9-6-7-13-27-17/h4-14,23,29H,15H2,1-3H3/b24-22+. The SMILES string of the molecule is COc1ccc(OC)c(/C(O)=C2\C(=O)C(=O)N(Cc3ccccn3)C2c2ccccc2C)c1. The summed E-state index contributed by atoms with van der Waals surface area (Å²) in [5.74, 6) is -0.944. The van der Waals surface area contributed by atoms with Crippen LogP contribution in [0.15, 0.2) is 72.4 Å². The van der Waals surface area contributed by atoms with Crippen LogP contribution in [0, 0.1) is 6.92 Å². The average molecular weight is 444 g/mol. The summed E-state index contributed by atoms with van der Waals surface area (Å²) < 4.78 is 10.7. The van der Waals surface area contributed by atoms with Gasteiger partial charge in [0, 0.05) is 6.20 Å². The van der Waals surface area contributed by atoms with Gasteiger partial charge in [-0.3, -0.25) is 14.6 Å². The zero-order chi connectivity index (χ0) is 23.5. The van der Waals surface area contributed by atoms with Crippen LogP contribution in [-0.4, -0.2) is 40.9 Å². The van der Waals surface area contributed by atoms with Crippen molar-refractivity contribution >= 4 is 17.4 Å². The summed E-state index contributed by atoms with van der Waals surface area (Å²) in [5.41, 5.74) is 2.54. The topological polar surface area (TPSA) is 89.0 Å². The summed E-state index contributed by atoms with van der Waals surface area (Å²) in [6, 6.07) is 17.0. The van der Waals surface area contributed by atoms with E-state index in [-0.39, 0.29) is 23.4 Å². The largest absolute Gasteiger partial charge is 0.507 e. The Kier molecular flexibility index (Phi) is 6.13. The number of aliphatic hydroxyl groups excluding tert-OH is 1. The Morgan fingerprint density at radius 1 is 1.03 bits per heavy atom. The minimum Gasteiger partial charge on any atom is -0.507 e. The summed E-state index contributed by atoms with van der Waals surface area (Å²) >= 11 is 0. The summed E-state index contributed by atoms with van der Waals surface area (Å²) in [6.07, 6.45) is 1.63. The van der Waals surface area contributed by atoms with Gasteiger partial charge < -0.3 is 19.5 Å². The van der Waals surface area contributed by atoms with Crippen LogP contribution in [0.4, 0.5) is 0 Å². The van der Waals surface area contributed by atoms with Crippen molar-refractivity contribution in [2.75, 3.05) is 14.2 Å². The van der Waals surface area contributed by atoms with Gasteiger partial charge in [0.1, 0.15) is 17.3 Å². The van der Waals surface area contributed by atoms with Crippen LogP contribution in [0.3, 0.4) is 0 Å². The second-order valence-electron chi connectivity index (χ2n) is 7.67. The molecule has 2 heterocycles. The highest BCUT2D eigenvalue weighted by Gasteiger charge is 2.46. The molecule has 1 aliphatic heterocycles. The van der Waals surface area contributed by atoms with E-state index in [1.165, 1.54) is 19.1 Å². The lowest BCUT2D eigenvalue weighted by atomic mass is 9.92. The fraction of sp³-hybridized carbons (Fsp3) is 0.192. The minimum atomic E-state index is -0.788. The zero-order valence-electron chi connectivity index (χ0n) is 18.6. The summed E-state index contributed by atoms with van der Waals surface area (Å²) in [6.45, 7) is 2.03. The van der Waals surface area contributed by atoms with Crippen molar-refractivity contribution in [2.45, 2.75) is 19.5 Å². The third-order valence-corrected chi connectivity index (χ3v) is 5.74. The Hall–Kier alpha value is -4.13. The third kappa shape index (κ3) is 4.05.